The van der Waals surface area contributed by atoms with Crippen LogP contribution in [0.15, 0.2) is 0 Å². The highest BCUT2D eigenvalue weighted by molar-refractivity contribution is 7.99. The van der Waals surface area contributed by atoms with Crippen LogP contribution in [0.2, 0.25) is 0 Å². The molecule has 2 saturated heterocycles. The summed E-state index contributed by atoms with van der Waals surface area (Å²) >= 11 is 2.05. The zero-order valence-electron chi connectivity index (χ0n) is 11.4. The maximum absolute atomic E-state index is 5.82. The van der Waals surface area contributed by atoms with Crippen molar-refractivity contribution in [1.82, 2.24) is 5.32 Å². The second-order valence-corrected chi connectivity index (χ2v) is 7.37. The van der Waals surface area contributed by atoms with Crippen molar-refractivity contribution in [3.05, 3.63) is 0 Å². The van der Waals surface area contributed by atoms with Crippen LogP contribution in [0.1, 0.15) is 34.1 Å². The van der Waals surface area contributed by atoms with Crippen molar-refractivity contribution in [2.24, 2.45) is 5.41 Å². The van der Waals surface area contributed by atoms with E-state index in [1.165, 1.54) is 17.9 Å². The van der Waals surface area contributed by atoms with Gasteiger partial charge in [-0.15, -0.1) is 0 Å². The molecule has 0 spiro atoms. The molecule has 0 bridgehead atoms. The summed E-state index contributed by atoms with van der Waals surface area (Å²) in [5.41, 5.74) is 0.403. The third-order valence-corrected chi connectivity index (χ3v) is 4.84. The van der Waals surface area contributed by atoms with Gasteiger partial charge in [-0.1, -0.05) is 13.8 Å². The van der Waals surface area contributed by atoms with Crippen LogP contribution in [0.3, 0.4) is 0 Å². The van der Waals surface area contributed by atoms with Crippen molar-refractivity contribution in [2.75, 3.05) is 24.7 Å². The SMILES string of the molecule is CC1(C)OCC(CNC2CSCCC2(C)C)O1. The number of hydrogen-bond acceptors (Lipinski definition) is 4. The molecule has 4 heteroatoms. The zero-order valence-corrected chi connectivity index (χ0v) is 12.2. The monoisotopic (exact) mass is 259 g/mol. The summed E-state index contributed by atoms with van der Waals surface area (Å²) in [5.74, 6) is 2.11. The van der Waals surface area contributed by atoms with Crippen molar-refractivity contribution in [1.29, 1.82) is 0 Å². The van der Waals surface area contributed by atoms with Gasteiger partial charge < -0.3 is 14.8 Å². The Balaban J connectivity index is 1.78. The van der Waals surface area contributed by atoms with E-state index in [0.29, 0.717) is 18.1 Å². The molecule has 1 N–H and O–H groups in total. The van der Waals surface area contributed by atoms with E-state index in [4.69, 9.17) is 9.47 Å². The third-order valence-electron chi connectivity index (χ3n) is 3.78. The highest BCUT2D eigenvalue weighted by Crippen LogP contribution is 2.34. The lowest BCUT2D eigenvalue weighted by Crippen LogP contribution is -2.49. The van der Waals surface area contributed by atoms with E-state index in [1.54, 1.807) is 0 Å². The molecule has 0 aromatic carbocycles. The Morgan fingerprint density at radius 3 is 2.65 bits per heavy atom. The summed E-state index contributed by atoms with van der Waals surface area (Å²) in [5, 5.41) is 3.67. The van der Waals surface area contributed by atoms with Crippen LogP contribution in [0.4, 0.5) is 0 Å². The van der Waals surface area contributed by atoms with Gasteiger partial charge in [-0.05, 0) is 31.4 Å². The summed E-state index contributed by atoms with van der Waals surface area (Å²) < 4.78 is 11.4. The summed E-state index contributed by atoms with van der Waals surface area (Å²) in [6, 6.07) is 0.591. The molecule has 2 heterocycles. The van der Waals surface area contributed by atoms with Crippen LogP contribution >= 0.6 is 11.8 Å². The second-order valence-electron chi connectivity index (χ2n) is 6.23. The molecule has 2 atom stereocenters. The Labute approximate surface area is 109 Å². The molecule has 0 aromatic rings. The summed E-state index contributed by atoms with van der Waals surface area (Å²) in [6.07, 6.45) is 1.50. The highest BCUT2D eigenvalue weighted by atomic mass is 32.2. The maximum atomic E-state index is 5.82. The molecule has 2 aliphatic heterocycles. The van der Waals surface area contributed by atoms with E-state index >= 15 is 0 Å². The first-order valence-electron chi connectivity index (χ1n) is 6.52. The predicted molar refractivity (Wildman–Crippen MR) is 72.4 cm³/mol. The van der Waals surface area contributed by atoms with Crippen molar-refractivity contribution in [3.8, 4) is 0 Å². The highest BCUT2D eigenvalue weighted by Gasteiger charge is 2.36. The minimum atomic E-state index is -0.400. The number of nitrogens with one attached hydrogen (secondary N) is 1. The number of hydrogen-bond donors (Lipinski definition) is 1. The van der Waals surface area contributed by atoms with Gasteiger partial charge in [0.15, 0.2) is 5.79 Å². The lowest BCUT2D eigenvalue weighted by molar-refractivity contribution is -0.138. The lowest BCUT2D eigenvalue weighted by atomic mass is 9.82. The van der Waals surface area contributed by atoms with Crippen LogP contribution in [0.5, 0.6) is 0 Å². The second kappa shape index (κ2) is 5.08. The van der Waals surface area contributed by atoms with Gasteiger partial charge in [-0.3, -0.25) is 0 Å². The predicted octanol–water partition coefficient (Wildman–Crippen LogP) is 2.26. The van der Waals surface area contributed by atoms with Crippen LogP contribution in [0.25, 0.3) is 0 Å². The van der Waals surface area contributed by atoms with Gasteiger partial charge in [0.25, 0.3) is 0 Å². The Morgan fingerprint density at radius 2 is 2.06 bits per heavy atom. The van der Waals surface area contributed by atoms with Gasteiger partial charge >= 0.3 is 0 Å². The molecule has 0 radical (unpaired) electrons. The van der Waals surface area contributed by atoms with Crippen molar-refractivity contribution in [3.63, 3.8) is 0 Å². The molecule has 2 unspecified atom stereocenters. The quantitative estimate of drug-likeness (QED) is 0.842. The van der Waals surface area contributed by atoms with Gasteiger partial charge in [-0.25, -0.2) is 0 Å². The van der Waals surface area contributed by atoms with Gasteiger partial charge in [0.05, 0.1) is 12.7 Å². The van der Waals surface area contributed by atoms with Crippen molar-refractivity contribution in [2.45, 2.75) is 52.0 Å². The molecule has 2 aliphatic rings. The molecule has 2 fully saturated rings. The Bertz CT molecular complexity index is 268. The number of thioether (sulfide) groups is 1. The normalized spacial score (nSPS) is 36.0. The standard InChI is InChI=1S/C13H25NO2S/c1-12(2)5-6-17-9-11(12)14-7-10-8-15-13(3,4)16-10/h10-11,14H,5-9H2,1-4H3. The first-order valence-corrected chi connectivity index (χ1v) is 7.67. The van der Waals surface area contributed by atoms with Gasteiger partial charge in [-0.2, -0.15) is 11.8 Å². The Kier molecular flexibility index (Phi) is 4.08. The van der Waals surface area contributed by atoms with E-state index in [9.17, 15) is 0 Å². The molecule has 2 rings (SSSR count). The van der Waals surface area contributed by atoms with Crippen LogP contribution in [-0.4, -0.2) is 42.6 Å². The van der Waals surface area contributed by atoms with Gasteiger partial charge in [0.1, 0.15) is 0 Å². The van der Waals surface area contributed by atoms with Gasteiger partial charge in [0, 0.05) is 18.3 Å². The number of rotatable bonds is 3. The molecule has 0 saturated carbocycles. The molecular formula is C13H25NO2S. The first kappa shape index (κ1) is 13.7. The lowest BCUT2D eigenvalue weighted by Gasteiger charge is -2.39. The van der Waals surface area contributed by atoms with Crippen LogP contribution in [0, 0.1) is 5.41 Å². The van der Waals surface area contributed by atoms with Crippen LogP contribution < -0.4 is 5.32 Å². The molecule has 0 amide bonds. The van der Waals surface area contributed by atoms with Crippen molar-refractivity contribution >= 4 is 11.8 Å². The first-order chi connectivity index (χ1) is 7.89. The number of ether oxygens (including phenoxy) is 2. The molecular weight excluding hydrogens is 234 g/mol. The molecule has 17 heavy (non-hydrogen) atoms. The van der Waals surface area contributed by atoms with E-state index in [0.717, 1.165) is 6.54 Å². The minimum Gasteiger partial charge on any atom is -0.348 e. The fraction of sp³-hybridized carbons (Fsp3) is 1.00. The van der Waals surface area contributed by atoms with Gasteiger partial charge in [0.2, 0.25) is 0 Å². The molecule has 3 nitrogen and oxygen atoms in total. The fourth-order valence-electron chi connectivity index (χ4n) is 2.41. The van der Waals surface area contributed by atoms with Crippen LogP contribution in [-0.2, 0) is 9.47 Å². The smallest absolute Gasteiger partial charge is 0.163 e. The van der Waals surface area contributed by atoms with Crippen molar-refractivity contribution < 1.29 is 9.47 Å². The van der Waals surface area contributed by atoms with E-state index in [1.807, 2.05) is 13.8 Å². The fourth-order valence-corrected chi connectivity index (χ4v) is 4.05. The maximum Gasteiger partial charge on any atom is 0.163 e. The average molecular weight is 259 g/mol. The summed E-state index contributed by atoms with van der Waals surface area (Å²) in [4.78, 5) is 0. The van der Waals surface area contributed by atoms with E-state index < -0.39 is 5.79 Å². The van der Waals surface area contributed by atoms with E-state index in [2.05, 4.69) is 30.9 Å². The molecule has 0 aromatic heterocycles. The summed E-state index contributed by atoms with van der Waals surface area (Å²) in [7, 11) is 0. The third kappa shape index (κ3) is 3.60. The summed E-state index contributed by atoms with van der Waals surface area (Å²) in [6.45, 7) is 10.3. The Hall–Kier alpha value is 0.230. The minimum absolute atomic E-state index is 0.202. The zero-order chi connectivity index (χ0) is 12.5. The topological polar surface area (TPSA) is 30.5 Å². The average Bonchev–Trinajstić information content (AvgIpc) is 2.56. The largest absolute Gasteiger partial charge is 0.348 e. The van der Waals surface area contributed by atoms with E-state index in [-0.39, 0.29) is 6.10 Å². The molecule has 0 aliphatic carbocycles. The molecule has 100 valence electrons. The Morgan fingerprint density at radius 1 is 1.29 bits per heavy atom.